The van der Waals surface area contributed by atoms with Crippen LogP contribution >= 0.6 is 15.9 Å². The van der Waals surface area contributed by atoms with Crippen molar-refractivity contribution in [3.05, 3.63) is 50.8 Å². The molecule has 0 fully saturated rings. The molecule has 9 heteroatoms. The maximum Gasteiger partial charge on any atom is 0.341 e. The quantitative estimate of drug-likeness (QED) is 0.559. The fraction of sp³-hybridized carbons (Fsp3) is 0.417. The van der Waals surface area contributed by atoms with E-state index in [1.807, 2.05) is 4.90 Å². The van der Waals surface area contributed by atoms with E-state index in [0.717, 1.165) is 17.0 Å². The number of rotatable bonds is 7. The normalized spacial score (nSPS) is 18.9. The molecule has 0 unspecified atom stereocenters. The van der Waals surface area contributed by atoms with E-state index in [1.165, 1.54) is 0 Å². The fourth-order valence-electron chi connectivity index (χ4n) is 4.98. The molecule has 1 aliphatic heterocycles. The number of hydrogen-bond donors (Lipinski definition) is 2. The zero-order valence-corrected chi connectivity index (χ0v) is 19.5. The molecule has 8 nitrogen and oxygen atoms in total. The van der Waals surface area contributed by atoms with Gasteiger partial charge in [0.25, 0.3) is 0 Å². The summed E-state index contributed by atoms with van der Waals surface area (Å²) in [6, 6.07) is 5.17. The summed E-state index contributed by atoms with van der Waals surface area (Å²) >= 11 is 3.43. The molecule has 1 heterocycles. The monoisotopic (exact) mass is 517 g/mol. The number of ketones is 2. The van der Waals surface area contributed by atoms with Gasteiger partial charge in [-0.3, -0.25) is 14.4 Å². The number of carboxylic acids is 2. The van der Waals surface area contributed by atoms with Crippen molar-refractivity contribution in [3.8, 4) is 5.75 Å². The van der Waals surface area contributed by atoms with Gasteiger partial charge >= 0.3 is 11.9 Å². The average molecular weight is 518 g/mol. The van der Waals surface area contributed by atoms with Gasteiger partial charge in [0.15, 0.2) is 18.2 Å². The lowest BCUT2D eigenvalue weighted by Gasteiger charge is -2.44. The molecule has 0 saturated carbocycles. The zero-order chi connectivity index (χ0) is 23.7. The first-order chi connectivity index (χ1) is 15.8. The third-order valence-corrected chi connectivity index (χ3v) is 6.90. The number of allylic oxidation sites excluding steroid dienone is 4. The minimum atomic E-state index is -1.09. The molecule has 0 radical (unpaired) electrons. The Morgan fingerprint density at radius 1 is 0.970 bits per heavy atom. The summed E-state index contributed by atoms with van der Waals surface area (Å²) in [5.41, 5.74) is 3.55. The summed E-state index contributed by atoms with van der Waals surface area (Å²) in [6.45, 7) is -0.257. The third kappa shape index (κ3) is 4.59. The van der Waals surface area contributed by atoms with E-state index in [0.29, 0.717) is 59.9 Å². The Balaban J connectivity index is 1.83. The maximum atomic E-state index is 13.2. The molecule has 2 N–H and O–H groups in total. The molecule has 0 spiro atoms. The van der Waals surface area contributed by atoms with Crippen LogP contribution in [0.25, 0.3) is 0 Å². The first-order valence-electron chi connectivity index (χ1n) is 10.9. The van der Waals surface area contributed by atoms with E-state index in [2.05, 4.69) is 15.9 Å². The van der Waals surface area contributed by atoms with Crippen LogP contribution in [0.3, 0.4) is 0 Å². The number of ether oxygens (including phenoxy) is 1. The lowest BCUT2D eigenvalue weighted by Crippen LogP contribution is -2.39. The third-order valence-electron chi connectivity index (χ3n) is 6.28. The smallest absolute Gasteiger partial charge is 0.341 e. The van der Waals surface area contributed by atoms with Gasteiger partial charge in [0, 0.05) is 47.8 Å². The number of nitrogens with zero attached hydrogens (tertiary/aromatic N) is 1. The van der Waals surface area contributed by atoms with Crippen LogP contribution in [0.4, 0.5) is 0 Å². The molecule has 3 aliphatic rings. The number of carbonyl (C=O) groups excluding carboxylic acids is 2. The molecule has 0 bridgehead atoms. The predicted octanol–water partition coefficient (Wildman–Crippen LogP) is 3.80. The van der Waals surface area contributed by atoms with Crippen LogP contribution in [0.5, 0.6) is 5.75 Å². The summed E-state index contributed by atoms with van der Waals surface area (Å²) in [4.78, 5) is 50.4. The number of aliphatic carboxylic acids is 2. The first-order valence-corrected chi connectivity index (χ1v) is 11.7. The molecule has 1 aromatic rings. The van der Waals surface area contributed by atoms with Crippen molar-refractivity contribution in [2.75, 3.05) is 13.2 Å². The summed E-state index contributed by atoms with van der Waals surface area (Å²) in [7, 11) is 0. The molecule has 1 aromatic carbocycles. The van der Waals surface area contributed by atoms with Crippen molar-refractivity contribution in [2.45, 2.75) is 50.9 Å². The summed E-state index contributed by atoms with van der Waals surface area (Å²) in [5.74, 6) is -2.23. The van der Waals surface area contributed by atoms with Crippen molar-refractivity contribution >= 4 is 39.4 Å². The molecule has 0 saturated heterocycles. The number of benzene rings is 1. The van der Waals surface area contributed by atoms with E-state index in [1.54, 1.807) is 18.2 Å². The Kier molecular flexibility index (Phi) is 6.69. The lowest BCUT2D eigenvalue weighted by molar-refractivity contribution is -0.139. The second-order valence-corrected chi connectivity index (χ2v) is 9.23. The van der Waals surface area contributed by atoms with Gasteiger partial charge in [-0.05, 0) is 59.3 Å². The molecule has 33 heavy (non-hydrogen) atoms. The minimum absolute atomic E-state index is 0.0196. The minimum Gasteiger partial charge on any atom is -0.481 e. The van der Waals surface area contributed by atoms with Gasteiger partial charge in [-0.2, -0.15) is 0 Å². The molecule has 4 rings (SSSR count). The van der Waals surface area contributed by atoms with Crippen LogP contribution < -0.4 is 4.74 Å². The van der Waals surface area contributed by atoms with Gasteiger partial charge in [0.05, 0.1) is 10.9 Å². The molecule has 0 aromatic heterocycles. The number of carbonyl (C=O) groups is 4. The van der Waals surface area contributed by atoms with E-state index in [4.69, 9.17) is 9.84 Å². The van der Waals surface area contributed by atoms with Gasteiger partial charge in [-0.15, -0.1) is 0 Å². The van der Waals surface area contributed by atoms with Gasteiger partial charge < -0.3 is 19.8 Å². The van der Waals surface area contributed by atoms with Crippen LogP contribution in [0.15, 0.2) is 45.2 Å². The highest BCUT2D eigenvalue weighted by molar-refractivity contribution is 9.10. The van der Waals surface area contributed by atoms with Crippen molar-refractivity contribution in [1.82, 2.24) is 4.90 Å². The zero-order valence-electron chi connectivity index (χ0n) is 17.9. The number of hydrogen-bond acceptors (Lipinski definition) is 6. The maximum absolute atomic E-state index is 13.2. The van der Waals surface area contributed by atoms with E-state index >= 15 is 0 Å². The average Bonchev–Trinajstić information content (AvgIpc) is 2.76. The molecule has 2 aliphatic carbocycles. The van der Waals surface area contributed by atoms with Gasteiger partial charge in [-0.1, -0.05) is 6.07 Å². The van der Waals surface area contributed by atoms with Gasteiger partial charge in [0.1, 0.15) is 5.75 Å². The SMILES string of the molecule is O=C(O)CCN1C2=C(C(=O)CCC2)C(c2ccc(OCC(=O)O)c(Br)c2)C2=C1CCCC2=O. The highest BCUT2D eigenvalue weighted by Crippen LogP contribution is 2.49. The lowest BCUT2D eigenvalue weighted by atomic mass is 9.71. The van der Waals surface area contributed by atoms with Crippen molar-refractivity contribution in [1.29, 1.82) is 0 Å². The van der Waals surface area contributed by atoms with Crippen molar-refractivity contribution in [2.24, 2.45) is 0 Å². The van der Waals surface area contributed by atoms with Crippen LogP contribution in [-0.4, -0.2) is 51.8 Å². The fourth-order valence-corrected chi connectivity index (χ4v) is 5.49. The van der Waals surface area contributed by atoms with Gasteiger partial charge in [-0.25, -0.2) is 4.79 Å². The molecule has 0 atom stereocenters. The Morgan fingerprint density at radius 3 is 2.09 bits per heavy atom. The second-order valence-electron chi connectivity index (χ2n) is 8.37. The predicted molar refractivity (Wildman–Crippen MR) is 121 cm³/mol. The van der Waals surface area contributed by atoms with Crippen LogP contribution in [-0.2, 0) is 19.2 Å². The largest absolute Gasteiger partial charge is 0.481 e. The molecule has 174 valence electrons. The summed E-state index contributed by atoms with van der Waals surface area (Å²) in [5, 5.41) is 18.1. The van der Waals surface area contributed by atoms with Crippen molar-refractivity contribution < 1.29 is 34.1 Å². The molecular formula is C24H24BrNO7. The van der Waals surface area contributed by atoms with Crippen LogP contribution in [0, 0.1) is 0 Å². The first kappa shape index (κ1) is 23.2. The van der Waals surface area contributed by atoms with E-state index in [-0.39, 0.29) is 24.5 Å². The Morgan fingerprint density at radius 2 is 1.58 bits per heavy atom. The van der Waals surface area contributed by atoms with E-state index < -0.39 is 24.5 Å². The summed E-state index contributed by atoms with van der Waals surface area (Å²) in [6.07, 6.45) is 3.39. The number of halogens is 1. The Hall–Kier alpha value is -2.94. The van der Waals surface area contributed by atoms with Crippen LogP contribution in [0.2, 0.25) is 0 Å². The summed E-state index contributed by atoms with van der Waals surface area (Å²) < 4.78 is 5.83. The highest BCUT2D eigenvalue weighted by Gasteiger charge is 2.43. The van der Waals surface area contributed by atoms with Crippen molar-refractivity contribution in [3.63, 3.8) is 0 Å². The van der Waals surface area contributed by atoms with Gasteiger partial charge in [0.2, 0.25) is 0 Å². The van der Waals surface area contributed by atoms with E-state index in [9.17, 15) is 24.3 Å². The Bertz CT molecular complexity index is 1060. The highest BCUT2D eigenvalue weighted by atomic mass is 79.9. The topological polar surface area (TPSA) is 121 Å². The Labute approximate surface area is 199 Å². The second kappa shape index (κ2) is 9.51. The number of Topliss-reactive ketones (excluding diaryl/α,β-unsaturated/α-hetero) is 2. The van der Waals surface area contributed by atoms with Crippen LogP contribution in [0.1, 0.15) is 56.4 Å². The standard InChI is InChI=1S/C24H24BrNO7/c25-14-11-13(7-8-19(14)33-12-21(31)32)22-23-15(3-1-5-17(23)27)26(10-9-20(29)30)16-4-2-6-18(28)24(16)22/h7-8,11,22H,1-6,9-10,12H2,(H,29,30)(H,31,32). The molecular weight excluding hydrogens is 494 g/mol. The molecule has 0 amide bonds. The number of carboxylic acid groups (broad SMARTS) is 2.